The SMILES string of the molecule is CCS(=O)CCNc1ccc(N)c2ccncc12. The van der Waals surface area contributed by atoms with E-state index in [1.54, 1.807) is 12.4 Å². The predicted octanol–water partition coefficient (Wildman–Crippen LogP) is 2.00. The average molecular weight is 263 g/mol. The molecule has 0 amide bonds. The zero-order chi connectivity index (χ0) is 13.0. The molecular weight excluding hydrogens is 246 g/mol. The second-order valence-corrected chi connectivity index (χ2v) is 5.85. The molecule has 1 aromatic carbocycles. The molecule has 5 heteroatoms. The highest BCUT2D eigenvalue weighted by molar-refractivity contribution is 7.84. The van der Waals surface area contributed by atoms with E-state index in [-0.39, 0.29) is 0 Å². The summed E-state index contributed by atoms with van der Waals surface area (Å²) >= 11 is 0. The molecule has 0 aliphatic heterocycles. The molecule has 0 bridgehead atoms. The first-order chi connectivity index (χ1) is 8.72. The van der Waals surface area contributed by atoms with E-state index in [2.05, 4.69) is 10.3 Å². The van der Waals surface area contributed by atoms with Crippen LogP contribution in [0, 0.1) is 0 Å². The molecule has 3 N–H and O–H groups in total. The lowest BCUT2D eigenvalue weighted by molar-refractivity contribution is 0.684. The molecular formula is C13H17N3OS. The third-order valence-electron chi connectivity index (χ3n) is 2.82. The fraction of sp³-hybridized carbons (Fsp3) is 0.308. The number of fused-ring (bicyclic) bond motifs is 1. The number of nitrogen functional groups attached to an aromatic ring is 1. The highest BCUT2D eigenvalue weighted by Crippen LogP contribution is 2.27. The molecule has 1 unspecified atom stereocenters. The van der Waals surface area contributed by atoms with Crippen LogP contribution in [-0.2, 0) is 10.8 Å². The second-order valence-electron chi connectivity index (χ2n) is 3.98. The van der Waals surface area contributed by atoms with E-state index in [1.807, 2.05) is 25.1 Å². The van der Waals surface area contributed by atoms with Crippen LogP contribution in [0.25, 0.3) is 10.8 Å². The highest BCUT2D eigenvalue weighted by Gasteiger charge is 2.04. The second kappa shape index (κ2) is 5.82. The predicted molar refractivity (Wildman–Crippen MR) is 78.2 cm³/mol. The van der Waals surface area contributed by atoms with Crippen LogP contribution in [0.2, 0.25) is 0 Å². The number of benzene rings is 1. The van der Waals surface area contributed by atoms with E-state index in [4.69, 9.17) is 5.73 Å². The molecule has 18 heavy (non-hydrogen) atoms. The molecule has 2 rings (SSSR count). The lowest BCUT2D eigenvalue weighted by atomic mass is 10.1. The third-order valence-corrected chi connectivity index (χ3v) is 4.12. The van der Waals surface area contributed by atoms with Gasteiger partial charge in [-0.25, -0.2) is 0 Å². The normalized spacial score (nSPS) is 12.5. The van der Waals surface area contributed by atoms with Gasteiger partial charge in [0.15, 0.2) is 0 Å². The minimum absolute atomic E-state index is 0.655. The first kappa shape index (κ1) is 12.8. The molecule has 96 valence electrons. The van der Waals surface area contributed by atoms with Gasteiger partial charge in [0.2, 0.25) is 0 Å². The van der Waals surface area contributed by atoms with Gasteiger partial charge in [-0.15, -0.1) is 0 Å². The Morgan fingerprint density at radius 1 is 1.33 bits per heavy atom. The minimum atomic E-state index is -0.742. The van der Waals surface area contributed by atoms with Crippen LogP contribution in [0.15, 0.2) is 30.6 Å². The van der Waals surface area contributed by atoms with Gasteiger partial charge in [-0.1, -0.05) is 6.92 Å². The van der Waals surface area contributed by atoms with Gasteiger partial charge < -0.3 is 11.1 Å². The zero-order valence-electron chi connectivity index (χ0n) is 10.3. The molecule has 0 radical (unpaired) electrons. The van der Waals surface area contributed by atoms with Gasteiger partial charge in [0.1, 0.15) is 0 Å². The van der Waals surface area contributed by atoms with Crippen molar-refractivity contribution in [2.45, 2.75) is 6.92 Å². The zero-order valence-corrected chi connectivity index (χ0v) is 11.2. The quantitative estimate of drug-likeness (QED) is 0.810. The van der Waals surface area contributed by atoms with Gasteiger partial charge in [0.05, 0.1) is 0 Å². The number of hydrogen-bond acceptors (Lipinski definition) is 4. The van der Waals surface area contributed by atoms with Gasteiger partial charge in [-0.05, 0) is 18.2 Å². The molecule has 0 aliphatic carbocycles. The summed E-state index contributed by atoms with van der Waals surface area (Å²) in [6, 6.07) is 5.72. The summed E-state index contributed by atoms with van der Waals surface area (Å²) < 4.78 is 11.4. The number of pyridine rings is 1. The summed E-state index contributed by atoms with van der Waals surface area (Å²) in [4.78, 5) is 4.12. The van der Waals surface area contributed by atoms with Gasteiger partial charge >= 0.3 is 0 Å². The molecule has 4 nitrogen and oxygen atoms in total. The number of nitrogens with zero attached hydrogens (tertiary/aromatic N) is 1. The summed E-state index contributed by atoms with van der Waals surface area (Å²) in [5, 5.41) is 5.28. The fourth-order valence-corrected chi connectivity index (χ4v) is 2.43. The molecule has 1 heterocycles. The number of aromatic nitrogens is 1. The number of nitrogens with two attached hydrogens (primary N) is 1. The fourth-order valence-electron chi connectivity index (χ4n) is 1.81. The van der Waals surface area contributed by atoms with Gasteiger partial charge in [0.25, 0.3) is 0 Å². The van der Waals surface area contributed by atoms with E-state index >= 15 is 0 Å². The van der Waals surface area contributed by atoms with Crippen LogP contribution in [0.3, 0.4) is 0 Å². The Morgan fingerprint density at radius 2 is 2.17 bits per heavy atom. The van der Waals surface area contributed by atoms with Crippen LogP contribution >= 0.6 is 0 Å². The molecule has 1 aromatic heterocycles. The number of nitrogens with one attached hydrogen (secondary N) is 1. The van der Waals surface area contributed by atoms with Crippen LogP contribution in [0.5, 0.6) is 0 Å². The summed E-state index contributed by atoms with van der Waals surface area (Å²) in [5.41, 5.74) is 7.65. The van der Waals surface area contributed by atoms with Crippen molar-refractivity contribution < 1.29 is 4.21 Å². The number of anilines is 2. The molecule has 1 atom stereocenters. The number of hydrogen-bond donors (Lipinski definition) is 2. The standard InChI is InChI=1S/C13H17N3OS/c1-2-18(17)8-7-16-13-4-3-12(14)10-5-6-15-9-11(10)13/h3-6,9,16H,2,7-8,14H2,1H3. The Kier molecular flexibility index (Phi) is 4.15. The minimum Gasteiger partial charge on any atom is -0.398 e. The number of rotatable bonds is 5. The van der Waals surface area contributed by atoms with Crippen molar-refractivity contribution in [2.24, 2.45) is 0 Å². The van der Waals surface area contributed by atoms with Crippen LogP contribution in [0.1, 0.15) is 6.92 Å². The maximum Gasteiger partial charge on any atom is 0.0437 e. The van der Waals surface area contributed by atoms with Crippen molar-refractivity contribution in [2.75, 3.05) is 29.1 Å². The summed E-state index contributed by atoms with van der Waals surface area (Å²) in [6.45, 7) is 2.62. The monoisotopic (exact) mass is 263 g/mol. The topological polar surface area (TPSA) is 68.0 Å². The molecule has 2 aromatic rings. The Labute approximate surface area is 109 Å². The highest BCUT2D eigenvalue weighted by atomic mass is 32.2. The average Bonchev–Trinajstić information content (AvgIpc) is 2.41. The van der Waals surface area contributed by atoms with Crippen molar-refractivity contribution in [1.29, 1.82) is 0 Å². The molecule has 0 saturated carbocycles. The van der Waals surface area contributed by atoms with Gasteiger partial charge in [-0.3, -0.25) is 9.19 Å². The van der Waals surface area contributed by atoms with Gasteiger partial charge in [0, 0.05) is 63.4 Å². The van der Waals surface area contributed by atoms with E-state index in [1.165, 1.54) is 0 Å². The van der Waals surface area contributed by atoms with Crippen LogP contribution in [0.4, 0.5) is 11.4 Å². The van der Waals surface area contributed by atoms with E-state index in [0.29, 0.717) is 18.1 Å². The smallest absolute Gasteiger partial charge is 0.0437 e. The van der Waals surface area contributed by atoms with Gasteiger partial charge in [-0.2, -0.15) is 0 Å². The maximum atomic E-state index is 11.4. The Hall–Kier alpha value is -1.62. The van der Waals surface area contributed by atoms with Crippen LogP contribution in [-0.4, -0.2) is 27.2 Å². The molecule has 0 saturated heterocycles. The summed E-state index contributed by atoms with van der Waals surface area (Å²) in [5.74, 6) is 1.36. The van der Waals surface area contributed by atoms with Crippen molar-refractivity contribution in [3.8, 4) is 0 Å². The van der Waals surface area contributed by atoms with Crippen molar-refractivity contribution in [3.63, 3.8) is 0 Å². The van der Waals surface area contributed by atoms with Crippen molar-refractivity contribution in [1.82, 2.24) is 4.98 Å². The Bertz CT molecular complexity index is 571. The van der Waals surface area contributed by atoms with Crippen molar-refractivity contribution in [3.05, 3.63) is 30.6 Å². The first-order valence-electron chi connectivity index (χ1n) is 5.93. The Morgan fingerprint density at radius 3 is 2.94 bits per heavy atom. The van der Waals surface area contributed by atoms with E-state index in [9.17, 15) is 4.21 Å². The van der Waals surface area contributed by atoms with Crippen LogP contribution < -0.4 is 11.1 Å². The third kappa shape index (κ3) is 2.79. The lowest BCUT2D eigenvalue weighted by Gasteiger charge is -2.10. The summed E-state index contributed by atoms with van der Waals surface area (Å²) in [6.07, 6.45) is 3.53. The molecule has 0 aliphatic rings. The maximum absolute atomic E-state index is 11.4. The first-order valence-corrected chi connectivity index (χ1v) is 7.42. The van der Waals surface area contributed by atoms with Crippen molar-refractivity contribution >= 4 is 32.9 Å². The van der Waals surface area contributed by atoms with E-state index < -0.39 is 10.8 Å². The molecule has 0 fully saturated rings. The largest absolute Gasteiger partial charge is 0.398 e. The Balaban J connectivity index is 2.18. The lowest BCUT2D eigenvalue weighted by Crippen LogP contribution is -2.12. The summed E-state index contributed by atoms with van der Waals surface area (Å²) in [7, 11) is -0.742. The van der Waals surface area contributed by atoms with E-state index in [0.717, 1.165) is 22.1 Å². The molecule has 0 spiro atoms.